The van der Waals surface area contributed by atoms with Gasteiger partial charge in [0.25, 0.3) is 11.8 Å². The number of nitrogens with one attached hydrogen (secondary N) is 1. The molecule has 0 saturated carbocycles. The Balaban J connectivity index is 1.85. The van der Waals surface area contributed by atoms with Crippen LogP contribution in [0.5, 0.6) is 11.5 Å². The lowest BCUT2D eigenvalue weighted by Crippen LogP contribution is -2.32. The normalized spacial score (nSPS) is 13.6. The van der Waals surface area contributed by atoms with E-state index in [0.29, 0.717) is 28.4 Å². The molecule has 0 aromatic heterocycles. The molecule has 0 unspecified atom stereocenters. The van der Waals surface area contributed by atoms with Gasteiger partial charge in [-0.1, -0.05) is 18.2 Å². The van der Waals surface area contributed by atoms with Crippen LogP contribution in [0.4, 0.5) is 15.8 Å². The maximum absolute atomic E-state index is 13.5. The Bertz CT molecular complexity index is 1230. The summed E-state index contributed by atoms with van der Waals surface area (Å²) in [6.45, 7) is 1.88. The van der Waals surface area contributed by atoms with Crippen molar-refractivity contribution in [2.75, 3.05) is 24.4 Å². The molecule has 7 heteroatoms. The van der Waals surface area contributed by atoms with Gasteiger partial charge >= 0.3 is 0 Å². The van der Waals surface area contributed by atoms with Crippen LogP contribution in [0, 0.1) is 12.7 Å². The first-order valence-corrected chi connectivity index (χ1v) is 9.87. The van der Waals surface area contributed by atoms with E-state index in [9.17, 15) is 14.0 Å². The molecule has 4 rings (SSSR count). The number of halogens is 1. The van der Waals surface area contributed by atoms with E-state index >= 15 is 0 Å². The summed E-state index contributed by atoms with van der Waals surface area (Å²) in [5.74, 6) is -0.461. The monoisotopic (exact) mass is 432 g/mol. The third kappa shape index (κ3) is 3.80. The first-order chi connectivity index (χ1) is 15.4. The predicted octanol–water partition coefficient (Wildman–Crippen LogP) is 4.55. The quantitative estimate of drug-likeness (QED) is 0.579. The lowest BCUT2D eigenvalue weighted by atomic mass is 10.0. The molecule has 1 heterocycles. The average Bonchev–Trinajstić information content (AvgIpc) is 3.04. The summed E-state index contributed by atoms with van der Waals surface area (Å²) in [5, 5.41) is 3.01. The molecule has 0 bridgehead atoms. The fourth-order valence-corrected chi connectivity index (χ4v) is 3.58. The zero-order chi connectivity index (χ0) is 22.8. The van der Waals surface area contributed by atoms with E-state index in [1.807, 2.05) is 13.0 Å². The van der Waals surface area contributed by atoms with Crippen molar-refractivity contribution in [1.82, 2.24) is 0 Å². The van der Waals surface area contributed by atoms with Crippen LogP contribution < -0.4 is 19.7 Å². The molecule has 0 saturated heterocycles. The highest BCUT2D eigenvalue weighted by molar-refractivity contribution is 6.46. The molecule has 0 aliphatic carbocycles. The molecule has 0 fully saturated rings. The van der Waals surface area contributed by atoms with Gasteiger partial charge in [0.1, 0.15) is 11.5 Å². The summed E-state index contributed by atoms with van der Waals surface area (Å²) in [6, 6.07) is 17.7. The summed E-state index contributed by atoms with van der Waals surface area (Å²) in [5.41, 5.74) is 2.62. The summed E-state index contributed by atoms with van der Waals surface area (Å²) >= 11 is 0. The first kappa shape index (κ1) is 21.1. The van der Waals surface area contributed by atoms with Crippen LogP contribution in [0.3, 0.4) is 0 Å². The van der Waals surface area contributed by atoms with Crippen molar-refractivity contribution < 1.29 is 23.5 Å². The molecule has 1 N–H and O–H groups in total. The maximum Gasteiger partial charge on any atom is 0.282 e. The first-order valence-electron chi connectivity index (χ1n) is 9.87. The van der Waals surface area contributed by atoms with E-state index in [1.165, 1.54) is 38.5 Å². The number of amides is 2. The smallest absolute Gasteiger partial charge is 0.282 e. The van der Waals surface area contributed by atoms with Crippen molar-refractivity contribution in [2.24, 2.45) is 0 Å². The Morgan fingerprint density at radius 2 is 1.56 bits per heavy atom. The Kier molecular flexibility index (Phi) is 5.64. The Morgan fingerprint density at radius 1 is 0.844 bits per heavy atom. The average molecular weight is 432 g/mol. The highest BCUT2D eigenvalue weighted by Crippen LogP contribution is 2.37. The fourth-order valence-electron chi connectivity index (χ4n) is 3.58. The third-order valence-corrected chi connectivity index (χ3v) is 5.13. The molecule has 32 heavy (non-hydrogen) atoms. The van der Waals surface area contributed by atoms with Gasteiger partial charge in [-0.05, 0) is 66.6 Å². The van der Waals surface area contributed by atoms with Gasteiger partial charge in [-0.25, -0.2) is 9.29 Å². The van der Waals surface area contributed by atoms with Crippen molar-refractivity contribution in [1.29, 1.82) is 0 Å². The molecule has 0 atom stereocenters. The van der Waals surface area contributed by atoms with Gasteiger partial charge in [0.2, 0.25) is 0 Å². The number of anilines is 2. The summed E-state index contributed by atoms with van der Waals surface area (Å²) < 4.78 is 24.0. The summed E-state index contributed by atoms with van der Waals surface area (Å²) in [7, 11) is 3.01. The number of hydrogen-bond acceptors (Lipinski definition) is 5. The van der Waals surface area contributed by atoms with Gasteiger partial charge in [0, 0.05) is 5.69 Å². The van der Waals surface area contributed by atoms with Gasteiger partial charge in [0.05, 0.1) is 25.5 Å². The minimum Gasteiger partial charge on any atom is -0.493 e. The van der Waals surface area contributed by atoms with E-state index in [-0.39, 0.29) is 11.3 Å². The minimum atomic E-state index is -0.505. The molecular formula is C25H21FN2O4. The molecule has 3 aromatic rings. The number of carbonyl (C=O) groups is 2. The fraction of sp³-hybridized carbons (Fsp3) is 0.120. The van der Waals surface area contributed by atoms with Gasteiger partial charge in [-0.15, -0.1) is 0 Å². The second-order valence-corrected chi connectivity index (χ2v) is 7.24. The maximum atomic E-state index is 13.5. The Hall–Kier alpha value is -4.13. The van der Waals surface area contributed by atoms with E-state index < -0.39 is 17.6 Å². The van der Waals surface area contributed by atoms with Gasteiger partial charge in [0.15, 0.2) is 11.5 Å². The molecule has 0 radical (unpaired) electrons. The van der Waals surface area contributed by atoms with Crippen LogP contribution in [-0.2, 0) is 9.59 Å². The van der Waals surface area contributed by atoms with Gasteiger partial charge in [-0.2, -0.15) is 0 Å². The predicted molar refractivity (Wildman–Crippen MR) is 120 cm³/mol. The number of aryl methyl sites for hydroxylation is 1. The van der Waals surface area contributed by atoms with Crippen LogP contribution in [0.25, 0.3) is 5.57 Å². The Morgan fingerprint density at radius 3 is 2.22 bits per heavy atom. The van der Waals surface area contributed by atoms with Crippen molar-refractivity contribution in [3.05, 3.63) is 89.4 Å². The highest BCUT2D eigenvalue weighted by atomic mass is 19.1. The molecule has 2 amide bonds. The summed E-state index contributed by atoms with van der Waals surface area (Å²) in [4.78, 5) is 28.1. The molecule has 3 aromatic carbocycles. The van der Waals surface area contributed by atoms with E-state index in [4.69, 9.17) is 9.47 Å². The largest absolute Gasteiger partial charge is 0.493 e. The lowest BCUT2D eigenvalue weighted by Gasteiger charge is -2.16. The lowest BCUT2D eigenvalue weighted by molar-refractivity contribution is -0.120. The second kappa shape index (κ2) is 8.55. The van der Waals surface area contributed by atoms with E-state index in [0.717, 1.165) is 10.5 Å². The second-order valence-electron chi connectivity index (χ2n) is 7.24. The number of nitrogens with zero attached hydrogens (tertiary/aromatic N) is 1. The number of benzene rings is 3. The van der Waals surface area contributed by atoms with Gasteiger partial charge < -0.3 is 14.8 Å². The van der Waals surface area contributed by atoms with Crippen molar-refractivity contribution in [3.63, 3.8) is 0 Å². The van der Waals surface area contributed by atoms with Crippen LogP contribution in [0.15, 0.2) is 72.4 Å². The van der Waals surface area contributed by atoms with Crippen LogP contribution in [0.2, 0.25) is 0 Å². The standard InChI is InChI=1S/C25H21FN2O4/c1-15-5-4-6-19(13-15)28-24(29)22(16-7-12-20(31-2)21(14-16)32-3)23(25(28)30)27-18-10-8-17(26)9-11-18/h4-14,27H,1-3H3. The number of hydrogen-bond donors (Lipinski definition) is 1. The molecule has 162 valence electrons. The van der Waals surface area contributed by atoms with E-state index in [1.54, 1.807) is 36.4 Å². The Labute approximate surface area is 184 Å². The van der Waals surface area contributed by atoms with Crippen LogP contribution in [-0.4, -0.2) is 26.0 Å². The number of rotatable bonds is 6. The topological polar surface area (TPSA) is 67.9 Å². The SMILES string of the molecule is COc1ccc(C2=C(Nc3ccc(F)cc3)C(=O)N(c3cccc(C)c3)C2=O)cc1OC. The number of carbonyl (C=O) groups excluding carboxylic acids is 2. The molecule has 6 nitrogen and oxygen atoms in total. The van der Waals surface area contributed by atoms with Crippen LogP contribution in [0.1, 0.15) is 11.1 Å². The molecule has 0 spiro atoms. The number of ether oxygens (including phenoxy) is 2. The van der Waals surface area contributed by atoms with Crippen LogP contribution >= 0.6 is 0 Å². The van der Waals surface area contributed by atoms with Crippen molar-refractivity contribution >= 4 is 28.8 Å². The highest BCUT2D eigenvalue weighted by Gasteiger charge is 2.40. The third-order valence-electron chi connectivity index (χ3n) is 5.13. The molecular weight excluding hydrogens is 411 g/mol. The van der Waals surface area contributed by atoms with Crippen molar-refractivity contribution in [2.45, 2.75) is 6.92 Å². The minimum absolute atomic E-state index is 0.0929. The zero-order valence-corrected chi connectivity index (χ0v) is 17.8. The van der Waals surface area contributed by atoms with Gasteiger partial charge in [-0.3, -0.25) is 9.59 Å². The number of imide groups is 1. The number of methoxy groups -OCH3 is 2. The van der Waals surface area contributed by atoms with E-state index in [2.05, 4.69) is 5.32 Å². The molecule has 1 aliphatic heterocycles. The van der Waals surface area contributed by atoms with Crippen molar-refractivity contribution in [3.8, 4) is 11.5 Å². The zero-order valence-electron chi connectivity index (χ0n) is 17.8. The summed E-state index contributed by atoms with van der Waals surface area (Å²) in [6.07, 6.45) is 0. The molecule has 1 aliphatic rings.